The zero-order valence-electron chi connectivity index (χ0n) is 11.5. The van der Waals surface area contributed by atoms with E-state index in [2.05, 4.69) is 10.6 Å². The highest BCUT2D eigenvalue weighted by Crippen LogP contribution is 2.45. The summed E-state index contributed by atoms with van der Waals surface area (Å²) in [5.74, 6) is 0. The van der Waals surface area contributed by atoms with Gasteiger partial charge in [-0.3, -0.25) is 0 Å². The molecule has 0 spiro atoms. The van der Waals surface area contributed by atoms with Crippen LogP contribution in [0, 0.1) is 0 Å². The molecule has 0 heterocycles. The summed E-state index contributed by atoms with van der Waals surface area (Å²) in [6.45, 7) is 0. The minimum Gasteiger partial charge on any atom is -0.328 e. The largest absolute Gasteiger partial charge is 0.328 e. The van der Waals surface area contributed by atoms with Crippen LogP contribution in [0.4, 0.5) is 10.5 Å². The summed E-state index contributed by atoms with van der Waals surface area (Å²) in [4.78, 5) is 12.2. The van der Waals surface area contributed by atoms with Crippen molar-refractivity contribution in [3.8, 4) is 0 Å². The molecule has 0 aromatic heterocycles. The van der Waals surface area contributed by atoms with Crippen molar-refractivity contribution in [2.75, 3.05) is 5.32 Å². The quantitative estimate of drug-likeness (QED) is 0.754. The van der Waals surface area contributed by atoms with Gasteiger partial charge in [-0.05, 0) is 48.7 Å². The van der Waals surface area contributed by atoms with Crippen LogP contribution in [0.2, 0.25) is 15.1 Å². The van der Waals surface area contributed by atoms with Crippen LogP contribution in [0.3, 0.4) is 0 Å². The fraction of sp³-hybridized carbons (Fsp3) is 0.188. The van der Waals surface area contributed by atoms with Gasteiger partial charge < -0.3 is 10.6 Å². The van der Waals surface area contributed by atoms with Gasteiger partial charge in [-0.1, -0.05) is 46.9 Å². The van der Waals surface area contributed by atoms with Gasteiger partial charge in [0, 0.05) is 20.8 Å². The summed E-state index contributed by atoms with van der Waals surface area (Å²) in [5, 5.41) is 7.39. The lowest BCUT2D eigenvalue weighted by Crippen LogP contribution is -2.38. The van der Waals surface area contributed by atoms with Gasteiger partial charge in [0.1, 0.15) is 0 Å². The third-order valence-corrected chi connectivity index (χ3v) is 4.31. The molecule has 1 saturated carbocycles. The molecule has 0 unspecified atom stereocenters. The molecule has 2 N–H and O–H groups in total. The normalized spacial score (nSPS) is 15.2. The van der Waals surface area contributed by atoms with E-state index in [1.807, 2.05) is 24.3 Å². The predicted molar refractivity (Wildman–Crippen MR) is 91.0 cm³/mol. The van der Waals surface area contributed by atoms with Gasteiger partial charge in [0.2, 0.25) is 0 Å². The summed E-state index contributed by atoms with van der Waals surface area (Å²) >= 11 is 17.7. The van der Waals surface area contributed by atoms with Crippen molar-refractivity contribution in [1.29, 1.82) is 0 Å². The Labute approximate surface area is 143 Å². The second-order valence-electron chi connectivity index (χ2n) is 5.33. The summed E-state index contributed by atoms with van der Waals surface area (Å²) in [6.07, 6.45) is 1.80. The molecular formula is C16H13Cl3N2O. The zero-order valence-corrected chi connectivity index (χ0v) is 13.8. The van der Waals surface area contributed by atoms with Crippen molar-refractivity contribution in [3.63, 3.8) is 0 Å². The molecule has 1 aliphatic rings. The van der Waals surface area contributed by atoms with E-state index in [-0.39, 0.29) is 11.6 Å². The minimum absolute atomic E-state index is 0.286. The van der Waals surface area contributed by atoms with E-state index in [1.54, 1.807) is 18.2 Å². The second kappa shape index (κ2) is 5.99. The molecule has 2 aromatic carbocycles. The van der Waals surface area contributed by atoms with E-state index in [0.29, 0.717) is 20.8 Å². The molecule has 0 saturated heterocycles. The Morgan fingerprint density at radius 3 is 2.05 bits per heavy atom. The van der Waals surface area contributed by atoms with Crippen molar-refractivity contribution < 1.29 is 4.79 Å². The highest BCUT2D eigenvalue weighted by Gasteiger charge is 2.45. The maximum absolute atomic E-state index is 12.2. The molecule has 6 heteroatoms. The monoisotopic (exact) mass is 354 g/mol. The fourth-order valence-corrected chi connectivity index (χ4v) is 3.04. The number of hydrogen-bond donors (Lipinski definition) is 2. The predicted octanol–water partition coefficient (Wildman–Crippen LogP) is 5.46. The fourth-order valence-electron chi connectivity index (χ4n) is 2.39. The Bertz CT molecular complexity index is 692. The number of benzene rings is 2. The molecule has 2 amide bonds. The lowest BCUT2D eigenvalue weighted by molar-refractivity contribution is 0.247. The van der Waals surface area contributed by atoms with Gasteiger partial charge in [-0.15, -0.1) is 0 Å². The lowest BCUT2D eigenvalue weighted by Gasteiger charge is -2.18. The van der Waals surface area contributed by atoms with E-state index in [0.717, 1.165) is 18.4 Å². The van der Waals surface area contributed by atoms with Gasteiger partial charge in [-0.2, -0.15) is 0 Å². The van der Waals surface area contributed by atoms with Crippen molar-refractivity contribution >= 4 is 46.5 Å². The van der Waals surface area contributed by atoms with Crippen LogP contribution in [-0.4, -0.2) is 6.03 Å². The number of nitrogens with one attached hydrogen (secondary N) is 2. The SMILES string of the molecule is O=C(Nc1cc(Cl)cc(Cl)c1)NC1(c2ccc(Cl)cc2)CC1. The summed E-state index contributed by atoms with van der Waals surface area (Å²) in [6, 6.07) is 12.1. The maximum Gasteiger partial charge on any atom is 0.319 e. The van der Waals surface area contributed by atoms with E-state index in [1.165, 1.54) is 0 Å². The van der Waals surface area contributed by atoms with Gasteiger partial charge in [0.15, 0.2) is 0 Å². The number of halogens is 3. The Morgan fingerprint density at radius 2 is 1.50 bits per heavy atom. The van der Waals surface area contributed by atoms with Crippen molar-refractivity contribution in [2.24, 2.45) is 0 Å². The minimum atomic E-state index is -0.308. The third-order valence-electron chi connectivity index (χ3n) is 3.62. The van der Waals surface area contributed by atoms with Gasteiger partial charge in [0.25, 0.3) is 0 Å². The Kier molecular flexibility index (Phi) is 4.22. The number of anilines is 1. The van der Waals surface area contributed by atoms with Gasteiger partial charge in [-0.25, -0.2) is 4.79 Å². The first-order chi connectivity index (χ1) is 10.5. The molecule has 0 atom stereocenters. The summed E-state index contributed by atoms with van der Waals surface area (Å²) < 4.78 is 0. The smallest absolute Gasteiger partial charge is 0.319 e. The van der Waals surface area contributed by atoms with Crippen LogP contribution in [0.25, 0.3) is 0 Å². The highest BCUT2D eigenvalue weighted by atomic mass is 35.5. The Balaban J connectivity index is 1.70. The van der Waals surface area contributed by atoms with Crippen LogP contribution in [0.5, 0.6) is 0 Å². The number of carbonyl (C=O) groups is 1. The van der Waals surface area contributed by atoms with Crippen LogP contribution < -0.4 is 10.6 Å². The number of carbonyl (C=O) groups excluding carboxylic acids is 1. The Morgan fingerprint density at radius 1 is 0.909 bits per heavy atom. The van der Waals surface area contributed by atoms with Crippen molar-refractivity contribution in [2.45, 2.75) is 18.4 Å². The average molecular weight is 356 g/mol. The van der Waals surface area contributed by atoms with E-state index in [9.17, 15) is 4.79 Å². The maximum atomic E-state index is 12.2. The average Bonchev–Trinajstić information content (AvgIpc) is 3.18. The molecule has 1 aliphatic carbocycles. The molecule has 0 radical (unpaired) electrons. The summed E-state index contributed by atoms with van der Waals surface area (Å²) in [5.41, 5.74) is 1.30. The topological polar surface area (TPSA) is 41.1 Å². The van der Waals surface area contributed by atoms with Crippen LogP contribution in [0.1, 0.15) is 18.4 Å². The standard InChI is InChI=1S/C16H13Cl3N2O/c17-11-3-1-10(2-4-11)16(5-6-16)21-15(22)20-14-8-12(18)7-13(19)9-14/h1-4,7-9H,5-6H2,(H2,20,21,22). The molecule has 22 heavy (non-hydrogen) atoms. The Hall–Kier alpha value is -1.42. The van der Waals surface area contributed by atoms with Crippen molar-refractivity contribution in [3.05, 3.63) is 63.1 Å². The van der Waals surface area contributed by atoms with E-state index < -0.39 is 0 Å². The summed E-state index contributed by atoms with van der Waals surface area (Å²) in [7, 11) is 0. The number of rotatable bonds is 3. The van der Waals surface area contributed by atoms with Crippen LogP contribution >= 0.6 is 34.8 Å². The molecular weight excluding hydrogens is 343 g/mol. The van der Waals surface area contributed by atoms with E-state index in [4.69, 9.17) is 34.8 Å². The molecule has 0 aliphatic heterocycles. The molecule has 0 bridgehead atoms. The zero-order chi connectivity index (χ0) is 15.7. The molecule has 3 nitrogen and oxygen atoms in total. The molecule has 2 aromatic rings. The van der Waals surface area contributed by atoms with E-state index >= 15 is 0 Å². The van der Waals surface area contributed by atoms with Gasteiger partial charge >= 0.3 is 6.03 Å². The van der Waals surface area contributed by atoms with Crippen LogP contribution in [0.15, 0.2) is 42.5 Å². The van der Waals surface area contributed by atoms with Gasteiger partial charge in [0.05, 0.1) is 5.54 Å². The highest BCUT2D eigenvalue weighted by molar-refractivity contribution is 6.35. The molecule has 1 fully saturated rings. The first-order valence-electron chi connectivity index (χ1n) is 6.78. The first kappa shape index (κ1) is 15.5. The molecule has 114 valence electrons. The first-order valence-corrected chi connectivity index (χ1v) is 7.92. The third kappa shape index (κ3) is 3.49. The van der Waals surface area contributed by atoms with Crippen molar-refractivity contribution in [1.82, 2.24) is 5.32 Å². The lowest BCUT2D eigenvalue weighted by atomic mass is 10.1. The number of hydrogen-bond acceptors (Lipinski definition) is 1. The van der Waals surface area contributed by atoms with Crippen LogP contribution in [-0.2, 0) is 5.54 Å². The second-order valence-corrected chi connectivity index (χ2v) is 6.64. The molecule has 3 rings (SSSR count). The number of amides is 2. The number of urea groups is 1.